The highest BCUT2D eigenvalue weighted by molar-refractivity contribution is 7.55. The van der Waals surface area contributed by atoms with E-state index in [2.05, 4.69) is 159 Å². The Morgan fingerprint density at radius 3 is 0.838 bits per heavy atom. The Bertz CT molecular complexity index is 1970. The van der Waals surface area contributed by atoms with E-state index >= 15 is 0 Å². The van der Waals surface area contributed by atoms with Crippen LogP contribution in [0.5, 0.6) is 23.0 Å². The van der Waals surface area contributed by atoms with Gasteiger partial charge in [0.2, 0.25) is 0 Å². The first-order valence-corrected chi connectivity index (χ1v) is 29.8. The van der Waals surface area contributed by atoms with Crippen molar-refractivity contribution < 1.29 is 27.2 Å². The van der Waals surface area contributed by atoms with Crippen LogP contribution in [0.15, 0.2) is 97.1 Å². The Labute approximate surface area is 416 Å². The Kier molecular flexibility index (Phi) is 24.1. The molecule has 4 unspecified atom stereocenters. The van der Waals surface area contributed by atoms with E-state index in [4.69, 9.17) is 18.1 Å². The molecule has 4 rings (SSSR count). The summed E-state index contributed by atoms with van der Waals surface area (Å²) >= 11 is 0. The molecule has 0 aliphatic heterocycles. The third-order valence-corrected chi connectivity index (χ3v) is 17.1. The summed E-state index contributed by atoms with van der Waals surface area (Å²) in [6, 6.07) is 32.2. The van der Waals surface area contributed by atoms with E-state index < -0.39 is 15.2 Å². The van der Waals surface area contributed by atoms with Crippen molar-refractivity contribution in [1.82, 2.24) is 0 Å². The molecule has 68 heavy (non-hydrogen) atoms. The van der Waals surface area contributed by atoms with Crippen LogP contribution in [0.1, 0.15) is 221 Å². The van der Waals surface area contributed by atoms with Crippen LogP contribution in [0.2, 0.25) is 0 Å². The van der Waals surface area contributed by atoms with Crippen LogP contribution in [0, 0.1) is 22.7 Å². The van der Waals surface area contributed by atoms with Crippen LogP contribution in [0.4, 0.5) is 0 Å². The molecule has 0 radical (unpaired) electrons. The highest BCUT2D eigenvalue weighted by Gasteiger charge is 2.34. The Hall–Kier alpha value is -3.46. The van der Waals surface area contributed by atoms with Gasteiger partial charge in [0.1, 0.15) is 23.0 Å². The molecule has 0 heterocycles. The molecular weight excluding hydrogens is 879 g/mol. The third kappa shape index (κ3) is 20.9. The first kappa shape index (κ1) is 58.9. The molecule has 4 aromatic carbocycles. The number of hydrogen-bond donors (Lipinski definition) is 0. The molecule has 0 N–H and O–H groups in total. The summed E-state index contributed by atoms with van der Waals surface area (Å²) in [6.07, 6.45) is 11.7. The fourth-order valence-electron chi connectivity index (χ4n) is 9.85. The molecule has 6 nitrogen and oxygen atoms in total. The lowest BCUT2D eigenvalue weighted by Gasteiger charge is -2.27. The molecule has 0 saturated carbocycles. The second-order valence-corrected chi connectivity index (χ2v) is 26.3. The Morgan fingerprint density at radius 2 is 0.632 bits per heavy atom. The zero-order valence-corrected chi connectivity index (χ0v) is 47.3. The summed E-state index contributed by atoms with van der Waals surface area (Å²) in [4.78, 5) is 0. The SMILES string of the molecule is CCC(CC)c1ccc(OP(=O)(CC(C)CC(C)(C)C)Oc2ccc(C(CC)CC)cc2)cc1.CCCC(C)c1ccc(OP(=O)(CC(C)CC(C)(C)C)Oc2ccc(C(C)CCC)cc2)cc1. The largest absolute Gasteiger partial charge is 0.430 e. The summed E-state index contributed by atoms with van der Waals surface area (Å²) < 4.78 is 52.7. The van der Waals surface area contributed by atoms with Gasteiger partial charge in [-0.15, -0.1) is 0 Å². The minimum absolute atomic E-state index is 0.151. The lowest BCUT2D eigenvalue weighted by Crippen LogP contribution is -2.17. The predicted octanol–water partition coefficient (Wildman–Crippen LogP) is 20.4. The van der Waals surface area contributed by atoms with Gasteiger partial charge in [-0.05, 0) is 168 Å². The van der Waals surface area contributed by atoms with Gasteiger partial charge in [-0.25, -0.2) is 9.13 Å². The Balaban J connectivity index is 0.000000360. The summed E-state index contributed by atoms with van der Waals surface area (Å²) in [5.41, 5.74) is 5.46. The van der Waals surface area contributed by atoms with Crippen molar-refractivity contribution in [3.05, 3.63) is 119 Å². The minimum Gasteiger partial charge on any atom is -0.416 e. The normalized spacial score (nSPS) is 14.9. The van der Waals surface area contributed by atoms with Crippen LogP contribution in [0.25, 0.3) is 0 Å². The van der Waals surface area contributed by atoms with E-state index in [1.165, 1.54) is 22.3 Å². The minimum atomic E-state index is -3.41. The highest BCUT2D eigenvalue weighted by atomic mass is 31.2. The molecule has 4 aromatic rings. The second kappa shape index (κ2) is 27.8. The molecule has 0 amide bonds. The van der Waals surface area contributed by atoms with Crippen molar-refractivity contribution in [2.75, 3.05) is 12.3 Å². The van der Waals surface area contributed by atoms with Gasteiger partial charge in [0.05, 0.1) is 12.3 Å². The van der Waals surface area contributed by atoms with E-state index in [1.54, 1.807) is 0 Å². The van der Waals surface area contributed by atoms with Gasteiger partial charge in [-0.1, -0.05) is 172 Å². The average Bonchev–Trinajstić information content (AvgIpc) is 3.25. The van der Waals surface area contributed by atoms with Gasteiger partial charge in [0, 0.05) is 0 Å². The van der Waals surface area contributed by atoms with Gasteiger partial charge >= 0.3 is 15.2 Å². The summed E-state index contributed by atoms with van der Waals surface area (Å²) in [5.74, 6) is 4.92. The summed E-state index contributed by atoms with van der Waals surface area (Å²) in [5, 5.41) is 0. The maximum atomic E-state index is 14.1. The first-order chi connectivity index (χ1) is 32.0. The monoisotopic (exact) mass is 973 g/mol. The molecule has 0 aromatic heterocycles. The summed E-state index contributed by atoms with van der Waals surface area (Å²) in [7, 11) is -6.82. The van der Waals surface area contributed by atoms with Crippen molar-refractivity contribution in [3.63, 3.8) is 0 Å². The van der Waals surface area contributed by atoms with E-state index in [1.807, 2.05) is 48.5 Å². The number of hydrogen-bond acceptors (Lipinski definition) is 6. The van der Waals surface area contributed by atoms with Crippen LogP contribution < -0.4 is 18.1 Å². The standard InChI is InChI=1S/2C30H47O3P/c1-9-11-24(4)26-13-17-28(18-14-26)32-34(31,22-23(3)21-30(6,7)8)33-29-19-15-27(16-20-29)25(5)12-10-2;1-9-24(10-2)26-13-17-28(18-14-26)32-34(31,22-23(5)21-30(6,7)8)33-29-19-15-27(16-20-29)25(11-3)12-4/h2*13-20,23-25H,9-12,21-22H2,1-8H3. The average molecular weight is 973 g/mol. The van der Waals surface area contributed by atoms with Crippen molar-refractivity contribution in [2.24, 2.45) is 22.7 Å². The first-order valence-electron chi connectivity index (χ1n) is 26.3. The van der Waals surface area contributed by atoms with Crippen LogP contribution in [-0.4, -0.2) is 12.3 Å². The van der Waals surface area contributed by atoms with Crippen molar-refractivity contribution in [2.45, 2.75) is 199 Å². The molecule has 0 saturated heterocycles. The molecule has 380 valence electrons. The van der Waals surface area contributed by atoms with Crippen molar-refractivity contribution in [1.29, 1.82) is 0 Å². The number of rotatable bonds is 26. The van der Waals surface area contributed by atoms with Gasteiger partial charge in [0.15, 0.2) is 0 Å². The summed E-state index contributed by atoms with van der Waals surface area (Å²) in [6.45, 7) is 35.3. The molecule has 0 bridgehead atoms. The molecule has 8 heteroatoms. The molecule has 4 atom stereocenters. The van der Waals surface area contributed by atoms with Crippen LogP contribution >= 0.6 is 15.2 Å². The fraction of sp³-hybridized carbons (Fsp3) is 0.600. The quantitative estimate of drug-likeness (QED) is 0.0584. The smallest absolute Gasteiger partial charge is 0.416 e. The molecular formula is C60H94O6P2. The van der Waals surface area contributed by atoms with E-state index in [9.17, 15) is 9.13 Å². The maximum absolute atomic E-state index is 14.1. The Morgan fingerprint density at radius 1 is 0.397 bits per heavy atom. The molecule has 0 aliphatic rings. The van der Waals surface area contributed by atoms with Crippen LogP contribution in [-0.2, 0) is 9.13 Å². The lowest BCUT2D eigenvalue weighted by atomic mass is 9.86. The predicted molar refractivity (Wildman–Crippen MR) is 293 cm³/mol. The van der Waals surface area contributed by atoms with Crippen LogP contribution in [0.3, 0.4) is 0 Å². The number of benzene rings is 4. The van der Waals surface area contributed by atoms with Crippen molar-refractivity contribution >= 4 is 15.2 Å². The van der Waals surface area contributed by atoms with Gasteiger partial charge in [0.25, 0.3) is 0 Å². The molecule has 0 spiro atoms. The lowest BCUT2D eigenvalue weighted by molar-refractivity contribution is 0.307. The zero-order chi connectivity index (χ0) is 50.7. The molecule has 0 aliphatic carbocycles. The van der Waals surface area contributed by atoms with E-state index in [0.717, 1.165) is 64.2 Å². The third-order valence-electron chi connectivity index (χ3n) is 13.0. The highest BCUT2D eigenvalue weighted by Crippen LogP contribution is 2.53. The van der Waals surface area contributed by atoms with Gasteiger partial charge in [-0.3, -0.25) is 0 Å². The van der Waals surface area contributed by atoms with Crippen molar-refractivity contribution in [3.8, 4) is 23.0 Å². The fourth-order valence-corrected chi connectivity index (χ4v) is 13.8. The van der Waals surface area contributed by atoms with Gasteiger partial charge < -0.3 is 18.1 Å². The topological polar surface area (TPSA) is 71.1 Å². The van der Waals surface area contributed by atoms with E-state index in [0.29, 0.717) is 59.0 Å². The molecule has 0 fully saturated rings. The van der Waals surface area contributed by atoms with Gasteiger partial charge in [-0.2, -0.15) is 0 Å². The zero-order valence-electron chi connectivity index (χ0n) is 45.5. The second-order valence-electron chi connectivity index (χ2n) is 22.4. The van der Waals surface area contributed by atoms with E-state index in [-0.39, 0.29) is 22.7 Å². The maximum Gasteiger partial charge on any atom is 0.430 e.